The summed E-state index contributed by atoms with van der Waals surface area (Å²) in [5.74, 6) is -0.202. The minimum Gasteiger partial charge on any atom is -0.370 e. The first kappa shape index (κ1) is 12.8. The van der Waals surface area contributed by atoms with Crippen LogP contribution in [0.3, 0.4) is 0 Å². The molecule has 2 heteroatoms. The van der Waals surface area contributed by atoms with Crippen LogP contribution in [0.25, 0.3) is 0 Å². The molecule has 1 aromatic carbocycles. The van der Waals surface area contributed by atoms with Crippen molar-refractivity contribution in [3.05, 3.63) is 35.9 Å². The standard InChI is InChI=1S/C14H21NO/c1-3-14(2,11-7-10-13(15)16)12-8-5-4-6-9-12/h4-6,8-9H,3,7,10-11H2,1-2H3,(H2,15,16). The zero-order valence-electron chi connectivity index (χ0n) is 10.2. The molecule has 1 amide bonds. The molecule has 0 saturated carbocycles. The summed E-state index contributed by atoms with van der Waals surface area (Å²) in [6.45, 7) is 4.45. The quantitative estimate of drug-likeness (QED) is 0.785. The Morgan fingerprint density at radius 1 is 1.31 bits per heavy atom. The summed E-state index contributed by atoms with van der Waals surface area (Å²) in [5, 5.41) is 0. The van der Waals surface area contributed by atoms with Crippen molar-refractivity contribution in [3.8, 4) is 0 Å². The van der Waals surface area contributed by atoms with Crippen LogP contribution in [0, 0.1) is 0 Å². The molecule has 0 radical (unpaired) electrons. The van der Waals surface area contributed by atoms with Crippen molar-refractivity contribution in [2.75, 3.05) is 0 Å². The minimum atomic E-state index is -0.202. The molecule has 2 N–H and O–H groups in total. The molecule has 1 aromatic rings. The summed E-state index contributed by atoms with van der Waals surface area (Å²) in [6, 6.07) is 10.5. The van der Waals surface area contributed by atoms with E-state index in [0.29, 0.717) is 6.42 Å². The number of carbonyl (C=O) groups is 1. The van der Waals surface area contributed by atoms with Gasteiger partial charge in [-0.1, -0.05) is 44.2 Å². The first-order valence-electron chi connectivity index (χ1n) is 5.92. The average Bonchev–Trinajstić information content (AvgIpc) is 2.29. The molecule has 0 bridgehead atoms. The number of nitrogens with two attached hydrogens (primary N) is 1. The van der Waals surface area contributed by atoms with Gasteiger partial charge in [-0.3, -0.25) is 4.79 Å². The molecule has 0 heterocycles. The van der Waals surface area contributed by atoms with Crippen molar-refractivity contribution in [1.82, 2.24) is 0 Å². The highest BCUT2D eigenvalue weighted by molar-refractivity contribution is 5.73. The van der Waals surface area contributed by atoms with E-state index in [1.54, 1.807) is 0 Å². The van der Waals surface area contributed by atoms with Gasteiger partial charge in [0.1, 0.15) is 0 Å². The zero-order valence-corrected chi connectivity index (χ0v) is 10.2. The highest BCUT2D eigenvalue weighted by Crippen LogP contribution is 2.32. The monoisotopic (exact) mass is 219 g/mol. The molecule has 0 spiro atoms. The summed E-state index contributed by atoms with van der Waals surface area (Å²) in [4.78, 5) is 10.7. The predicted molar refractivity (Wildman–Crippen MR) is 67.1 cm³/mol. The van der Waals surface area contributed by atoms with Gasteiger partial charge in [0.2, 0.25) is 5.91 Å². The highest BCUT2D eigenvalue weighted by Gasteiger charge is 2.23. The maximum absolute atomic E-state index is 10.7. The minimum absolute atomic E-state index is 0.163. The Balaban J connectivity index is 2.67. The van der Waals surface area contributed by atoms with E-state index < -0.39 is 0 Å². The van der Waals surface area contributed by atoms with Gasteiger partial charge in [-0.05, 0) is 30.2 Å². The summed E-state index contributed by atoms with van der Waals surface area (Å²) in [5.41, 5.74) is 6.68. The van der Waals surface area contributed by atoms with E-state index in [0.717, 1.165) is 19.3 Å². The van der Waals surface area contributed by atoms with Crippen LogP contribution in [-0.2, 0) is 10.2 Å². The van der Waals surface area contributed by atoms with Crippen molar-refractivity contribution >= 4 is 5.91 Å². The van der Waals surface area contributed by atoms with Gasteiger partial charge >= 0.3 is 0 Å². The van der Waals surface area contributed by atoms with Crippen LogP contribution >= 0.6 is 0 Å². The van der Waals surface area contributed by atoms with Gasteiger partial charge in [-0.2, -0.15) is 0 Å². The van der Waals surface area contributed by atoms with Crippen LogP contribution in [0.15, 0.2) is 30.3 Å². The molecular formula is C14H21NO. The maximum Gasteiger partial charge on any atom is 0.217 e. The van der Waals surface area contributed by atoms with Crippen molar-refractivity contribution in [2.45, 2.75) is 44.9 Å². The number of benzene rings is 1. The Morgan fingerprint density at radius 3 is 2.44 bits per heavy atom. The molecule has 0 aromatic heterocycles. The third-order valence-electron chi connectivity index (χ3n) is 3.40. The SMILES string of the molecule is CCC(C)(CCCC(N)=O)c1ccccc1. The van der Waals surface area contributed by atoms with Gasteiger partial charge in [0.25, 0.3) is 0 Å². The fourth-order valence-corrected chi connectivity index (χ4v) is 2.02. The zero-order chi connectivity index (χ0) is 12.0. The molecule has 0 aliphatic carbocycles. The Morgan fingerprint density at radius 2 is 1.94 bits per heavy atom. The average molecular weight is 219 g/mol. The molecule has 1 unspecified atom stereocenters. The largest absolute Gasteiger partial charge is 0.370 e. The number of amides is 1. The van der Waals surface area contributed by atoms with Crippen LogP contribution in [-0.4, -0.2) is 5.91 Å². The lowest BCUT2D eigenvalue weighted by molar-refractivity contribution is -0.118. The fourth-order valence-electron chi connectivity index (χ4n) is 2.02. The van der Waals surface area contributed by atoms with Crippen LogP contribution in [0.5, 0.6) is 0 Å². The van der Waals surface area contributed by atoms with E-state index in [4.69, 9.17) is 5.73 Å². The second-order valence-corrected chi connectivity index (χ2v) is 4.60. The van der Waals surface area contributed by atoms with Gasteiger partial charge in [-0.25, -0.2) is 0 Å². The van der Waals surface area contributed by atoms with Gasteiger partial charge in [0.05, 0.1) is 0 Å². The molecule has 1 rings (SSSR count). The first-order valence-corrected chi connectivity index (χ1v) is 5.92. The van der Waals surface area contributed by atoms with E-state index in [-0.39, 0.29) is 11.3 Å². The molecule has 0 fully saturated rings. The van der Waals surface area contributed by atoms with Crippen LogP contribution in [0.2, 0.25) is 0 Å². The van der Waals surface area contributed by atoms with E-state index in [9.17, 15) is 4.79 Å². The highest BCUT2D eigenvalue weighted by atomic mass is 16.1. The second-order valence-electron chi connectivity index (χ2n) is 4.60. The smallest absolute Gasteiger partial charge is 0.217 e. The Hall–Kier alpha value is -1.31. The maximum atomic E-state index is 10.7. The Kier molecular flexibility index (Phi) is 4.53. The van der Waals surface area contributed by atoms with Crippen LogP contribution < -0.4 is 5.73 Å². The number of hydrogen-bond acceptors (Lipinski definition) is 1. The third kappa shape index (κ3) is 3.37. The van der Waals surface area contributed by atoms with E-state index in [1.165, 1.54) is 5.56 Å². The Bertz CT molecular complexity index is 334. The lowest BCUT2D eigenvalue weighted by Gasteiger charge is -2.28. The molecule has 0 saturated heterocycles. The lowest BCUT2D eigenvalue weighted by atomic mass is 9.76. The van der Waals surface area contributed by atoms with Crippen LogP contribution in [0.1, 0.15) is 45.1 Å². The molecule has 1 atom stereocenters. The number of rotatable bonds is 6. The molecule has 0 aliphatic heterocycles. The second kappa shape index (κ2) is 5.69. The molecule has 16 heavy (non-hydrogen) atoms. The van der Waals surface area contributed by atoms with Gasteiger partial charge in [0, 0.05) is 6.42 Å². The summed E-state index contributed by atoms with van der Waals surface area (Å²) >= 11 is 0. The summed E-state index contributed by atoms with van der Waals surface area (Å²) in [6.07, 6.45) is 3.45. The van der Waals surface area contributed by atoms with Crippen molar-refractivity contribution in [2.24, 2.45) is 5.73 Å². The third-order valence-corrected chi connectivity index (χ3v) is 3.40. The number of hydrogen-bond donors (Lipinski definition) is 1. The van der Waals surface area contributed by atoms with Gasteiger partial charge in [-0.15, -0.1) is 0 Å². The molecule has 88 valence electrons. The number of primary amides is 1. The summed E-state index contributed by atoms with van der Waals surface area (Å²) < 4.78 is 0. The fraction of sp³-hybridized carbons (Fsp3) is 0.500. The van der Waals surface area contributed by atoms with Crippen molar-refractivity contribution in [1.29, 1.82) is 0 Å². The van der Waals surface area contributed by atoms with E-state index in [1.807, 2.05) is 6.07 Å². The molecule has 0 aliphatic rings. The lowest BCUT2D eigenvalue weighted by Crippen LogP contribution is -2.21. The molecule has 2 nitrogen and oxygen atoms in total. The van der Waals surface area contributed by atoms with Crippen molar-refractivity contribution in [3.63, 3.8) is 0 Å². The molecular weight excluding hydrogens is 198 g/mol. The summed E-state index contributed by atoms with van der Waals surface area (Å²) in [7, 11) is 0. The van der Waals surface area contributed by atoms with E-state index in [2.05, 4.69) is 38.1 Å². The Labute approximate surface area is 97.9 Å². The normalized spacial score (nSPS) is 14.4. The van der Waals surface area contributed by atoms with Gasteiger partial charge < -0.3 is 5.73 Å². The first-order chi connectivity index (χ1) is 7.58. The topological polar surface area (TPSA) is 43.1 Å². The van der Waals surface area contributed by atoms with Gasteiger partial charge in [0.15, 0.2) is 0 Å². The predicted octanol–water partition coefficient (Wildman–Crippen LogP) is 3.01. The van der Waals surface area contributed by atoms with E-state index >= 15 is 0 Å². The van der Waals surface area contributed by atoms with Crippen molar-refractivity contribution < 1.29 is 4.79 Å². The number of carbonyl (C=O) groups excluding carboxylic acids is 1. The van der Waals surface area contributed by atoms with Crippen LogP contribution in [0.4, 0.5) is 0 Å².